The number of nitrogens with one attached hydrogen (secondary N) is 1. The summed E-state index contributed by atoms with van der Waals surface area (Å²) in [5.41, 5.74) is 0.932. The Bertz CT molecular complexity index is 874. The highest BCUT2D eigenvalue weighted by Crippen LogP contribution is 2.31. The summed E-state index contributed by atoms with van der Waals surface area (Å²) in [6.07, 6.45) is 1.43. The van der Waals surface area contributed by atoms with Gasteiger partial charge >= 0.3 is 5.97 Å². The Labute approximate surface area is 160 Å². The van der Waals surface area contributed by atoms with Crippen molar-refractivity contribution in [2.45, 2.75) is 6.42 Å². The third-order valence-electron chi connectivity index (χ3n) is 3.75. The lowest BCUT2D eigenvalue weighted by Gasteiger charge is -2.28. The molecule has 0 unspecified atom stereocenters. The second-order valence-corrected chi connectivity index (χ2v) is 5.96. The zero-order valence-electron chi connectivity index (χ0n) is 14.2. The summed E-state index contributed by atoms with van der Waals surface area (Å²) in [5.74, 6) is -0.797. The normalized spacial score (nSPS) is 12.8. The number of rotatable bonds is 6. The number of ether oxygens (including phenoxy) is 2. The van der Waals surface area contributed by atoms with Gasteiger partial charge in [-0.1, -0.05) is 23.7 Å². The SMILES string of the molecule is O=C(COC(=O)CCN1C(=O)COc2ccccc21)Nc1cccnc1Cl. The largest absolute Gasteiger partial charge is 0.482 e. The average molecular weight is 390 g/mol. The topological polar surface area (TPSA) is 97.8 Å². The van der Waals surface area contributed by atoms with Gasteiger partial charge in [0.2, 0.25) is 0 Å². The van der Waals surface area contributed by atoms with Crippen LogP contribution in [-0.4, -0.2) is 42.5 Å². The number of carbonyl (C=O) groups is 3. The number of anilines is 2. The summed E-state index contributed by atoms with van der Waals surface area (Å²) < 4.78 is 10.3. The molecule has 9 heteroatoms. The van der Waals surface area contributed by atoms with Crippen LogP contribution in [0, 0.1) is 0 Å². The molecule has 27 heavy (non-hydrogen) atoms. The van der Waals surface area contributed by atoms with Crippen LogP contribution in [0.25, 0.3) is 0 Å². The smallest absolute Gasteiger partial charge is 0.308 e. The fraction of sp³-hybridized carbons (Fsp3) is 0.222. The van der Waals surface area contributed by atoms with Crippen molar-refractivity contribution < 1.29 is 23.9 Å². The number of pyridine rings is 1. The Morgan fingerprint density at radius 1 is 1.26 bits per heavy atom. The van der Waals surface area contributed by atoms with Gasteiger partial charge in [0.25, 0.3) is 11.8 Å². The van der Waals surface area contributed by atoms with Gasteiger partial charge in [-0.25, -0.2) is 4.98 Å². The van der Waals surface area contributed by atoms with Crippen LogP contribution in [0.1, 0.15) is 6.42 Å². The lowest BCUT2D eigenvalue weighted by Crippen LogP contribution is -2.40. The molecule has 3 rings (SSSR count). The van der Waals surface area contributed by atoms with Crippen molar-refractivity contribution in [1.29, 1.82) is 0 Å². The Morgan fingerprint density at radius 2 is 2.07 bits per heavy atom. The molecule has 1 aromatic heterocycles. The van der Waals surface area contributed by atoms with Crippen molar-refractivity contribution in [3.63, 3.8) is 0 Å². The van der Waals surface area contributed by atoms with Crippen LogP contribution in [-0.2, 0) is 19.1 Å². The van der Waals surface area contributed by atoms with Crippen LogP contribution in [0.5, 0.6) is 5.75 Å². The quantitative estimate of drug-likeness (QED) is 0.599. The molecule has 0 saturated heterocycles. The molecule has 0 saturated carbocycles. The highest BCUT2D eigenvalue weighted by atomic mass is 35.5. The van der Waals surface area contributed by atoms with Crippen molar-refractivity contribution in [2.75, 3.05) is 30.0 Å². The summed E-state index contributed by atoms with van der Waals surface area (Å²) in [4.78, 5) is 41.1. The monoisotopic (exact) mass is 389 g/mol. The molecule has 2 aromatic rings. The maximum Gasteiger partial charge on any atom is 0.308 e. The van der Waals surface area contributed by atoms with Gasteiger partial charge in [0.05, 0.1) is 17.8 Å². The number of halogens is 1. The number of hydrogen-bond donors (Lipinski definition) is 1. The second-order valence-electron chi connectivity index (χ2n) is 5.60. The van der Waals surface area contributed by atoms with E-state index in [1.165, 1.54) is 11.1 Å². The van der Waals surface area contributed by atoms with Crippen molar-refractivity contribution in [2.24, 2.45) is 0 Å². The highest BCUT2D eigenvalue weighted by Gasteiger charge is 2.25. The van der Waals surface area contributed by atoms with E-state index in [1.54, 1.807) is 36.4 Å². The third-order valence-corrected chi connectivity index (χ3v) is 4.05. The van der Waals surface area contributed by atoms with E-state index in [0.717, 1.165) is 0 Å². The number of benzene rings is 1. The fourth-order valence-corrected chi connectivity index (χ4v) is 2.65. The number of fused-ring (bicyclic) bond motifs is 1. The van der Waals surface area contributed by atoms with E-state index in [-0.39, 0.29) is 30.6 Å². The number of carbonyl (C=O) groups excluding carboxylic acids is 3. The number of amides is 2. The van der Waals surface area contributed by atoms with Gasteiger partial charge in [-0.15, -0.1) is 0 Å². The Balaban J connectivity index is 1.48. The predicted octanol–water partition coefficient (Wildman–Crippen LogP) is 2.03. The van der Waals surface area contributed by atoms with Crippen LogP contribution < -0.4 is 15.0 Å². The second kappa shape index (κ2) is 8.50. The molecule has 0 spiro atoms. The third kappa shape index (κ3) is 4.73. The van der Waals surface area contributed by atoms with Gasteiger partial charge in [-0.2, -0.15) is 0 Å². The van der Waals surface area contributed by atoms with Crippen molar-refractivity contribution in [3.8, 4) is 5.75 Å². The number of esters is 1. The molecule has 8 nitrogen and oxygen atoms in total. The van der Waals surface area contributed by atoms with E-state index in [1.807, 2.05) is 0 Å². The molecule has 2 amide bonds. The first-order valence-electron chi connectivity index (χ1n) is 8.13. The molecular weight excluding hydrogens is 374 g/mol. The van der Waals surface area contributed by atoms with E-state index in [0.29, 0.717) is 17.1 Å². The first-order valence-corrected chi connectivity index (χ1v) is 8.50. The minimum absolute atomic E-state index is 0.0546. The first kappa shape index (κ1) is 18.7. The summed E-state index contributed by atoms with van der Waals surface area (Å²) in [7, 11) is 0. The Hall–Kier alpha value is -3.13. The Morgan fingerprint density at radius 3 is 2.89 bits per heavy atom. The van der Waals surface area contributed by atoms with Gasteiger partial charge in [0.15, 0.2) is 18.4 Å². The van der Waals surface area contributed by atoms with E-state index >= 15 is 0 Å². The summed E-state index contributed by atoms with van der Waals surface area (Å²) >= 11 is 5.84. The van der Waals surface area contributed by atoms with Gasteiger partial charge in [-0.05, 0) is 24.3 Å². The van der Waals surface area contributed by atoms with Gasteiger partial charge in [0.1, 0.15) is 5.75 Å². The summed E-state index contributed by atoms with van der Waals surface area (Å²) in [6, 6.07) is 10.3. The van der Waals surface area contributed by atoms with Crippen LogP contribution in [0.2, 0.25) is 5.15 Å². The van der Waals surface area contributed by atoms with E-state index in [9.17, 15) is 14.4 Å². The first-order chi connectivity index (χ1) is 13.0. The Kier molecular flexibility index (Phi) is 5.87. The molecule has 0 aliphatic carbocycles. The van der Waals surface area contributed by atoms with E-state index in [4.69, 9.17) is 21.1 Å². The minimum Gasteiger partial charge on any atom is -0.482 e. The predicted molar refractivity (Wildman–Crippen MR) is 97.7 cm³/mol. The maximum absolute atomic E-state index is 12.0. The summed E-state index contributed by atoms with van der Waals surface area (Å²) in [5, 5.41) is 2.64. The van der Waals surface area contributed by atoms with Gasteiger partial charge < -0.3 is 19.7 Å². The molecule has 0 bridgehead atoms. The molecule has 140 valence electrons. The lowest BCUT2D eigenvalue weighted by atomic mass is 10.2. The number of para-hydroxylation sites is 2. The van der Waals surface area contributed by atoms with Gasteiger partial charge in [0, 0.05) is 12.7 Å². The standard InChI is InChI=1S/C18H16ClN3O5/c19-18-12(4-3-8-20-18)21-15(23)10-27-17(25)7-9-22-13-5-1-2-6-14(13)26-11-16(22)24/h1-6,8H,7,9-11H2,(H,21,23). The van der Waals surface area contributed by atoms with Crippen molar-refractivity contribution >= 4 is 40.8 Å². The molecular formula is C18H16ClN3O5. The van der Waals surface area contributed by atoms with Crippen LogP contribution in [0.15, 0.2) is 42.6 Å². The zero-order chi connectivity index (χ0) is 19.2. The van der Waals surface area contributed by atoms with Crippen LogP contribution in [0.4, 0.5) is 11.4 Å². The molecule has 1 N–H and O–H groups in total. The molecule has 1 aliphatic heterocycles. The van der Waals surface area contributed by atoms with Crippen molar-refractivity contribution in [3.05, 3.63) is 47.7 Å². The zero-order valence-corrected chi connectivity index (χ0v) is 14.9. The van der Waals surface area contributed by atoms with Crippen LogP contribution in [0.3, 0.4) is 0 Å². The van der Waals surface area contributed by atoms with Crippen LogP contribution >= 0.6 is 11.6 Å². The molecule has 0 fully saturated rings. The lowest BCUT2D eigenvalue weighted by molar-refractivity contribution is -0.147. The minimum atomic E-state index is -0.598. The fourth-order valence-electron chi connectivity index (χ4n) is 2.49. The summed E-state index contributed by atoms with van der Waals surface area (Å²) in [6.45, 7) is -0.411. The molecule has 1 aliphatic rings. The maximum atomic E-state index is 12.0. The molecule has 0 radical (unpaired) electrons. The van der Waals surface area contributed by atoms with E-state index < -0.39 is 18.5 Å². The van der Waals surface area contributed by atoms with Gasteiger partial charge in [-0.3, -0.25) is 14.4 Å². The number of aromatic nitrogens is 1. The molecule has 1 aromatic carbocycles. The highest BCUT2D eigenvalue weighted by molar-refractivity contribution is 6.32. The van der Waals surface area contributed by atoms with E-state index in [2.05, 4.69) is 10.3 Å². The molecule has 0 atom stereocenters. The average Bonchev–Trinajstić information content (AvgIpc) is 2.67. The van der Waals surface area contributed by atoms with Crippen molar-refractivity contribution in [1.82, 2.24) is 4.98 Å². The number of nitrogens with zero attached hydrogens (tertiary/aromatic N) is 2. The molecule has 2 heterocycles. The number of hydrogen-bond acceptors (Lipinski definition) is 6.